The number of nitrogens with zero attached hydrogens (tertiary/aromatic N) is 2. The van der Waals surface area contributed by atoms with E-state index in [4.69, 9.17) is 4.74 Å². The monoisotopic (exact) mass is 278 g/mol. The van der Waals surface area contributed by atoms with Gasteiger partial charge in [-0.15, -0.1) is 0 Å². The highest BCUT2D eigenvalue weighted by atomic mass is 19.4. The molecule has 0 bridgehead atoms. The average molecular weight is 278 g/mol. The molecule has 1 aromatic rings. The molecule has 108 valence electrons. The summed E-state index contributed by atoms with van der Waals surface area (Å²) in [7, 11) is 1.67. The van der Waals surface area contributed by atoms with Crippen molar-refractivity contribution in [1.82, 2.24) is 9.97 Å². The van der Waals surface area contributed by atoms with Gasteiger partial charge in [0.15, 0.2) is 5.82 Å². The number of hydrogen-bond acceptors (Lipinski definition) is 5. The number of nitrogens with one attached hydrogen (secondary N) is 2. The van der Waals surface area contributed by atoms with Gasteiger partial charge in [-0.1, -0.05) is 0 Å². The molecule has 0 fully saturated rings. The minimum absolute atomic E-state index is 0.222. The Hall–Kier alpha value is -1.57. The largest absolute Gasteiger partial charge is 0.390 e. The molecular weight excluding hydrogens is 261 g/mol. The van der Waals surface area contributed by atoms with Crippen molar-refractivity contribution in [3.63, 3.8) is 0 Å². The fourth-order valence-corrected chi connectivity index (χ4v) is 1.31. The number of ether oxygens (including phenoxy) is 1. The Balaban J connectivity index is 2.65. The Kier molecular flexibility index (Phi) is 5.81. The first-order chi connectivity index (χ1) is 8.94. The van der Waals surface area contributed by atoms with E-state index in [1.807, 2.05) is 6.92 Å². The van der Waals surface area contributed by atoms with Crippen LogP contribution in [0.3, 0.4) is 0 Å². The van der Waals surface area contributed by atoms with Crippen molar-refractivity contribution < 1.29 is 17.9 Å². The smallest absolute Gasteiger partial charge is 0.374 e. The second-order valence-electron chi connectivity index (χ2n) is 3.73. The number of alkyl halides is 3. The molecule has 1 aromatic heterocycles. The van der Waals surface area contributed by atoms with Gasteiger partial charge in [-0.2, -0.15) is 13.2 Å². The first kappa shape index (κ1) is 15.5. The van der Waals surface area contributed by atoms with Gasteiger partial charge in [0.05, 0.1) is 6.42 Å². The van der Waals surface area contributed by atoms with E-state index in [1.165, 1.54) is 0 Å². The van der Waals surface area contributed by atoms with Crippen LogP contribution < -0.4 is 10.6 Å². The molecule has 0 saturated heterocycles. The van der Waals surface area contributed by atoms with E-state index < -0.39 is 12.6 Å². The maximum absolute atomic E-state index is 12.0. The van der Waals surface area contributed by atoms with Crippen LogP contribution in [0.15, 0.2) is 6.07 Å². The number of halogens is 3. The molecule has 1 rings (SSSR count). The molecule has 8 heteroatoms. The van der Waals surface area contributed by atoms with Gasteiger partial charge >= 0.3 is 6.18 Å². The van der Waals surface area contributed by atoms with Crippen LogP contribution in [-0.2, 0) is 11.3 Å². The van der Waals surface area contributed by atoms with Crippen molar-refractivity contribution in [2.24, 2.45) is 0 Å². The number of aromatic nitrogens is 2. The quantitative estimate of drug-likeness (QED) is 0.802. The number of hydrogen-bond donors (Lipinski definition) is 2. The van der Waals surface area contributed by atoms with Crippen molar-refractivity contribution in [1.29, 1.82) is 0 Å². The summed E-state index contributed by atoms with van der Waals surface area (Å²) in [6.45, 7) is 2.35. The van der Waals surface area contributed by atoms with Gasteiger partial charge in [0.25, 0.3) is 0 Å². The lowest BCUT2D eigenvalue weighted by molar-refractivity contribution is -0.131. The predicted octanol–water partition coefficient (Wildman–Crippen LogP) is 2.42. The van der Waals surface area contributed by atoms with E-state index in [2.05, 4.69) is 20.6 Å². The topological polar surface area (TPSA) is 59.1 Å². The standard InChI is InChI=1S/C11H17F3N4O/c1-3-19-7-10-17-8(15-2)6-9(18-10)16-5-4-11(12,13)14/h6H,3-5,7H2,1-2H3,(H2,15,16,17,18). The molecular formula is C11H17F3N4O. The molecule has 0 saturated carbocycles. The third-order valence-corrected chi connectivity index (χ3v) is 2.18. The summed E-state index contributed by atoms with van der Waals surface area (Å²) in [5.74, 6) is 1.29. The van der Waals surface area contributed by atoms with Crippen LogP contribution in [0.1, 0.15) is 19.2 Å². The highest BCUT2D eigenvalue weighted by Crippen LogP contribution is 2.19. The molecule has 2 N–H and O–H groups in total. The van der Waals surface area contributed by atoms with Crippen LogP contribution >= 0.6 is 0 Å². The third kappa shape index (κ3) is 6.23. The normalized spacial score (nSPS) is 11.4. The predicted molar refractivity (Wildman–Crippen MR) is 66.1 cm³/mol. The Morgan fingerprint density at radius 3 is 2.53 bits per heavy atom. The van der Waals surface area contributed by atoms with Crippen molar-refractivity contribution >= 4 is 11.6 Å². The fraction of sp³-hybridized carbons (Fsp3) is 0.636. The van der Waals surface area contributed by atoms with Crippen LogP contribution in [0.25, 0.3) is 0 Å². The van der Waals surface area contributed by atoms with Crippen molar-refractivity contribution in [2.75, 3.05) is 30.8 Å². The van der Waals surface area contributed by atoms with E-state index in [9.17, 15) is 13.2 Å². The number of rotatable bonds is 7. The maximum atomic E-state index is 12.0. The van der Waals surface area contributed by atoms with E-state index in [0.29, 0.717) is 24.1 Å². The van der Waals surface area contributed by atoms with Crippen molar-refractivity contribution in [2.45, 2.75) is 26.1 Å². The minimum Gasteiger partial charge on any atom is -0.374 e. The van der Waals surface area contributed by atoms with E-state index in [0.717, 1.165) is 0 Å². The third-order valence-electron chi connectivity index (χ3n) is 2.18. The maximum Gasteiger partial charge on any atom is 0.390 e. The van der Waals surface area contributed by atoms with Gasteiger partial charge in [-0.25, -0.2) is 9.97 Å². The molecule has 0 aromatic carbocycles. The molecule has 1 heterocycles. The van der Waals surface area contributed by atoms with Gasteiger partial charge in [-0.3, -0.25) is 0 Å². The van der Waals surface area contributed by atoms with Crippen LogP contribution in [0.4, 0.5) is 24.8 Å². The van der Waals surface area contributed by atoms with Crippen molar-refractivity contribution in [3.8, 4) is 0 Å². The molecule has 0 radical (unpaired) electrons. The Bertz CT molecular complexity index is 398. The summed E-state index contributed by atoms with van der Waals surface area (Å²) in [6.07, 6.45) is -5.09. The van der Waals surface area contributed by atoms with Gasteiger partial charge in [0.2, 0.25) is 0 Å². The van der Waals surface area contributed by atoms with E-state index in [1.54, 1.807) is 13.1 Å². The first-order valence-electron chi connectivity index (χ1n) is 5.88. The van der Waals surface area contributed by atoms with E-state index in [-0.39, 0.29) is 13.2 Å². The fourth-order valence-electron chi connectivity index (χ4n) is 1.31. The molecule has 5 nitrogen and oxygen atoms in total. The Labute approximate surface area is 109 Å². The van der Waals surface area contributed by atoms with E-state index >= 15 is 0 Å². The van der Waals surface area contributed by atoms with Crippen LogP contribution in [0.2, 0.25) is 0 Å². The molecule has 19 heavy (non-hydrogen) atoms. The Morgan fingerprint density at radius 1 is 1.26 bits per heavy atom. The lowest BCUT2D eigenvalue weighted by Crippen LogP contribution is -2.16. The van der Waals surface area contributed by atoms with Gasteiger partial charge in [0, 0.05) is 26.3 Å². The summed E-state index contributed by atoms with van der Waals surface area (Å²) in [5, 5.41) is 5.45. The minimum atomic E-state index is -4.18. The SMILES string of the molecule is CCOCc1nc(NC)cc(NCCC(F)(F)F)n1. The first-order valence-corrected chi connectivity index (χ1v) is 5.88. The van der Waals surface area contributed by atoms with Crippen LogP contribution in [0.5, 0.6) is 0 Å². The highest BCUT2D eigenvalue weighted by molar-refractivity contribution is 5.47. The molecule has 0 aliphatic heterocycles. The summed E-state index contributed by atoms with van der Waals surface area (Å²) >= 11 is 0. The zero-order valence-corrected chi connectivity index (χ0v) is 10.8. The van der Waals surface area contributed by atoms with Crippen LogP contribution in [0, 0.1) is 0 Å². The summed E-state index contributed by atoms with van der Waals surface area (Å²) < 4.78 is 41.3. The lowest BCUT2D eigenvalue weighted by Gasteiger charge is -2.11. The average Bonchev–Trinajstić information content (AvgIpc) is 2.34. The molecule has 0 aliphatic rings. The van der Waals surface area contributed by atoms with Gasteiger partial charge in [0.1, 0.15) is 18.2 Å². The van der Waals surface area contributed by atoms with Gasteiger partial charge in [-0.05, 0) is 6.92 Å². The molecule has 0 spiro atoms. The Morgan fingerprint density at radius 2 is 1.95 bits per heavy atom. The molecule has 0 amide bonds. The second-order valence-corrected chi connectivity index (χ2v) is 3.73. The van der Waals surface area contributed by atoms with Crippen LogP contribution in [-0.4, -0.2) is 36.3 Å². The zero-order valence-electron chi connectivity index (χ0n) is 10.8. The highest BCUT2D eigenvalue weighted by Gasteiger charge is 2.26. The molecule has 0 atom stereocenters. The number of anilines is 2. The molecule has 0 unspecified atom stereocenters. The second kappa shape index (κ2) is 7.13. The zero-order chi connectivity index (χ0) is 14.3. The lowest BCUT2D eigenvalue weighted by atomic mass is 10.4. The summed E-state index contributed by atoms with van der Waals surface area (Å²) in [6, 6.07) is 1.55. The van der Waals surface area contributed by atoms with Gasteiger partial charge < -0.3 is 15.4 Å². The van der Waals surface area contributed by atoms with Crippen molar-refractivity contribution in [3.05, 3.63) is 11.9 Å². The summed E-state index contributed by atoms with van der Waals surface area (Å²) in [5.41, 5.74) is 0. The summed E-state index contributed by atoms with van der Waals surface area (Å²) in [4.78, 5) is 8.22. The molecule has 0 aliphatic carbocycles.